The van der Waals surface area contributed by atoms with Crippen LogP contribution in [0.25, 0.3) is 0 Å². The first kappa shape index (κ1) is 24.8. The highest BCUT2D eigenvalue weighted by Gasteiger charge is 2.28. The monoisotopic (exact) mass is 567 g/mol. The number of carbonyl (C=O) groups is 2. The van der Waals surface area contributed by atoms with Crippen LogP contribution in [0.1, 0.15) is 13.3 Å². The maximum Gasteiger partial charge on any atom is 0.265 e. The first-order valence-corrected chi connectivity index (χ1v) is 10.9. The van der Waals surface area contributed by atoms with Crippen LogP contribution in [0.15, 0.2) is 41.7 Å². The van der Waals surface area contributed by atoms with Gasteiger partial charge in [0.25, 0.3) is 5.91 Å². The Morgan fingerprint density at radius 3 is 2.76 bits per heavy atom. The second kappa shape index (κ2) is 11.3. The lowest BCUT2D eigenvalue weighted by Crippen LogP contribution is -2.55. The van der Waals surface area contributed by atoms with Gasteiger partial charge in [0.1, 0.15) is 12.3 Å². The van der Waals surface area contributed by atoms with E-state index in [1.807, 2.05) is 49.3 Å². The molecule has 1 aromatic heterocycles. The molecular formula is C22H30IN7O3. The second-order valence-electron chi connectivity index (χ2n) is 7.73. The Labute approximate surface area is 210 Å². The molecule has 0 atom stereocenters. The normalized spacial score (nSPS) is 16.3. The molecule has 178 valence electrons. The molecule has 33 heavy (non-hydrogen) atoms. The lowest BCUT2D eigenvalue weighted by atomic mass is 10.2. The number of aromatic nitrogens is 2. The van der Waals surface area contributed by atoms with Crippen molar-refractivity contribution in [2.75, 3.05) is 55.7 Å². The van der Waals surface area contributed by atoms with E-state index in [1.165, 1.54) is 0 Å². The number of aliphatic imine (C=N–C) groups is 1. The number of amides is 2. The maximum absolute atomic E-state index is 12.7. The molecule has 2 amide bonds. The fraction of sp³-hybridized carbons (Fsp3) is 0.455. The zero-order valence-corrected chi connectivity index (χ0v) is 21.3. The average Bonchev–Trinajstić information content (AvgIpc) is 3.23. The number of guanidine groups is 1. The summed E-state index contributed by atoms with van der Waals surface area (Å²) in [5.41, 5.74) is 1.62. The predicted octanol–water partition coefficient (Wildman–Crippen LogP) is 1.47. The molecule has 1 N–H and O–H groups in total. The van der Waals surface area contributed by atoms with Crippen molar-refractivity contribution in [3.63, 3.8) is 0 Å². The molecule has 11 heteroatoms. The first-order chi connectivity index (χ1) is 15.6. The molecule has 0 radical (unpaired) electrons. The van der Waals surface area contributed by atoms with Gasteiger partial charge in [-0.1, -0.05) is 12.1 Å². The van der Waals surface area contributed by atoms with E-state index < -0.39 is 0 Å². The largest absolute Gasteiger partial charge is 0.482 e. The molecule has 2 aliphatic rings. The van der Waals surface area contributed by atoms with Crippen LogP contribution in [0.5, 0.6) is 5.75 Å². The summed E-state index contributed by atoms with van der Waals surface area (Å²) in [6, 6.07) is 7.57. The Hall–Kier alpha value is -2.83. The van der Waals surface area contributed by atoms with E-state index >= 15 is 0 Å². The van der Waals surface area contributed by atoms with Crippen molar-refractivity contribution in [3.05, 3.63) is 36.7 Å². The number of aryl methyl sites for hydroxylation is 1. The molecule has 1 fully saturated rings. The molecule has 0 bridgehead atoms. The molecule has 0 spiro atoms. The quantitative estimate of drug-likeness (QED) is 0.246. The maximum atomic E-state index is 12.7. The van der Waals surface area contributed by atoms with Crippen molar-refractivity contribution in [2.45, 2.75) is 13.3 Å². The van der Waals surface area contributed by atoms with Crippen LogP contribution in [0.2, 0.25) is 0 Å². The van der Waals surface area contributed by atoms with Gasteiger partial charge in [0.05, 0.1) is 17.6 Å². The molecule has 3 heterocycles. The summed E-state index contributed by atoms with van der Waals surface area (Å²) < 4.78 is 7.19. The number of carbonyl (C=O) groups excluding carboxylic acids is 2. The minimum atomic E-state index is -0.0447. The van der Waals surface area contributed by atoms with E-state index in [9.17, 15) is 9.59 Å². The summed E-state index contributed by atoms with van der Waals surface area (Å²) >= 11 is 0. The summed E-state index contributed by atoms with van der Waals surface area (Å²) in [5, 5.41) is 7.44. The summed E-state index contributed by atoms with van der Waals surface area (Å²) in [5.74, 6) is 1.43. The third kappa shape index (κ3) is 5.75. The van der Waals surface area contributed by atoms with Crippen molar-refractivity contribution >= 4 is 53.1 Å². The number of hydrogen-bond donors (Lipinski definition) is 1. The molecular weight excluding hydrogens is 537 g/mol. The van der Waals surface area contributed by atoms with Crippen LogP contribution >= 0.6 is 24.0 Å². The van der Waals surface area contributed by atoms with Crippen molar-refractivity contribution in [2.24, 2.45) is 12.0 Å². The van der Waals surface area contributed by atoms with E-state index in [2.05, 4.69) is 10.4 Å². The van der Waals surface area contributed by atoms with E-state index in [1.54, 1.807) is 20.7 Å². The number of anilines is 2. The van der Waals surface area contributed by atoms with Gasteiger partial charge in [-0.2, -0.15) is 5.10 Å². The summed E-state index contributed by atoms with van der Waals surface area (Å²) in [6.07, 6.45) is 4.26. The lowest BCUT2D eigenvalue weighted by Gasteiger charge is -2.35. The molecule has 4 rings (SSSR count). The lowest BCUT2D eigenvalue weighted by molar-refractivity contribution is -0.121. The highest BCUT2D eigenvalue weighted by Crippen LogP contribution is 2.31. The Balaban J connectivity index is 0.00000306. The van der Waals surface area contributed by atoms with Crippen molar-refractivity contribution in [1.82, 2.24) is 20.0 Å². The number of halogens is 1. The minimum absolute atomic E-state index is 0. The van der Waals surface area contributed by atoms with Crippen LogP contribution in [0.3, 0.4) is 0 Å². The number of fused-ring (bicyclic) bond motifs is 1. The Morgan fingerprint density at radius 2 is 2.03 bits per heavy atom. The third-order valence-corrected chi connectivity index (χ3v) is 5.47. The van der Waals surface area contributed by atoms with Gasteiger partial charge < -0.3 is 24.8 Å². The number of benzene rings is 1. The second-order valence-corrected chi connectivity index (χ2v) is 7.73. The average molecular weight is 567 g/mol. The molecule has 2 aromatic rings. The van der Waals surface area contributed by atoms with E-state index in [0.717, 1.165) is 23.1 Å². The van der Waals surface area contributed by atoms with Crippen molar-refractivity contribution in [1.29, 1.82) is 0 Å². The van der Waals surface area contributed by atoms with Gasteiger partial charge >= 0.3 is 0 Å². The van der Waals surface area contributed by atoms with Crippen molar-refractivity contribution < 1.29 is 14.3 Å². The number of para-hydroxylation sites is 2. The number of hydrogen-bond acceptors (Lipinski definition) is 5. The molecule has 0 saturated carbocycles. The highest BCUT2D eigenvalue weighted by molar-refractivity contribution is 14.0. The van der Waals surface area contributed by atoms with Gasteiger partial charge in [-0.3, -0.25) is 19.3 Å². The van der Waals surface area contributed by atoms with Gasteiger partial charge in [0, 0.05) is 46.0 Å². The van der Waals surface area contributed by atoms with Crippen LogP contribution in [-0.2, 0) is 16.6 Å². The third-order valence-electron chi connectivity index (χ3n) is 5.47. The number of piperazine rings is 1. The van der Waals surface area contributed by atoms with Gasteiger partial charge in [0.15, 0.2) is 12.6 Å². The Kier molecular flexibility index (Phi) is 8.53. The number of nitrogens with one attached hydrogen (secondary N) is 1. The number of ether oxygens (including phenoxy) is 1. The van der Waals surface area contributed by atoms with E-state index in [0.29, 0.717) is 39.1 Å². The van der Waals surface area contributed by atoms with Crippen LogP contribution < -0.4 is 19.9 Å². The summed E-state index contributed by atoms with van der Waals surface area (Å²) in [7, 11) is 1.84. The molecule has 1 aromatic carbocycles. The van der Waals surface area contributed by atoms with Gasteiger partial charge in [-0.05, 0) is 25.5 Å². The summed E-state index contributed by atoms with van der Waals surface area (Å²) in [6.45, 7) is 5.41. The van der Waals surface area contributed by atoms with Crippen LogP contribution in [-0.4, -0.2) is 78.3 Å². The van der Waals surface area contributed by atoms with Crippen molar-refractivity contribution in [3.8, 4) is 5.75 Å². The smallest absolute Gasteiger partial charge is 0.265 e. The van der Waals surface area contributed by atoms with E-state index in [4.69, 9.17) is 9.73 Å². The minimum Gasteiger partial charge on any atom is -0.482 e. The standard InChI is InChI=1S/C22H29N7O3.HI/c1-3-23-22(27-11-12-28(20(30)15-27)17-13-25-26(2)14-17)24-9-6-10-29-18-7-4-5-8-19(18)32-16-21(29)31;/h4-5,7-8,13-14H,3,6,9-12,15-16H2,1-2H3,(H,23,24);1H. The van der Waals surface area contributed by atoms with Gasteiger partial charge in [-0.25, -0.2) is 0 Å². The molecule has 2 aliphatic heterocycles. The number of nitrogens with zero attached hydrogens (tertiary/aromatic N) is 6. The van der Waals surface area contributed by atoms with Crippen LogP contribution in [0, 0.1) is 0 Å². The number of rotatable bonds is 6. The molecule has 0 unspecified atom stereocenters. The molecule has 10 nitrogen and oxygen atoms in total. The zero-order valence-electron chi connectivity index (χ0n) is 18.9. The van der Waals surface area contributed by atoms with Gasteiger partial charge in [-0.15, -0.1) is 24.0 Å². The van der Waals surface area contributed by atoms with E-state index in [-0.39, 0.29) is 48.9 Å². The predicted molar refractivity (Wildman–Crippen MR) is 137 cm³/mol. The topological polar surface area (TPSA) is 95.3 Å². The Morgan fingerprint density at radius 1 is 1.21 bits per heavy atom. The Bertz CT molecular complexity index is 1010. The van der Waals surface area contributed by atoms with Gasteiger partial charge in [0.2, 0.25) is 5.91 Å². The fourth-order valence-corrected chi connectivity index (χ4v) is 3.91. The molecule has 0 aliphatic carbocycles. The molecule has 1 saturated heterocycles. The SMILES string of the molecule is CCNC(=NCCCN1C(=O)COc2ccccc21)N1CCN(c2cnn(C)c2)C(=O)C1.I. The first-order valence-electron chi connectivity index (χ1n) is 10.9. The van der Waals surface area contributed by atoms with Crippen LogP contribution in [0.4, 0.5) is 11.4 Å². The summed E-state index contributed by atoms with van der Waals surface area (Å²) in [4.78, 5) is 35.3. The zero-order chi connectivity index (χ0) is 22.5. The fourth-order valence-electron chi connectivity index (χ4n) is 3.91. The highest BCUT2D eigenvalue weighted by atomic mass is 127.